The smallest absolute Gasteiger partial charge is 0.347 e. The van der Waals surface area contributed by atoms with E-state index >= 15 is 0 Å². The molecule has 11 heteroatoms. The van der Waals surface area contributed by atoms with Crippen LogP contribution in [0.25, 0.3) is 0 Å². The number of nitrogens with one attached hydrogen (secondary N) is 2. The van der Waals surface area contributed by atoms with Crippen LogP contribution in [0.2, 0.25) is 0 Å². The number of aliphatic imine (C=N–C) groups is 1. The van der Waals surface area contributed by atoms with Crippen LogP contribution in [-0.2, 0) is 19.6 Å². The molecule has 0 aromatic heterocycles. The van der Waals surface area contributed by atoms with Crippen LogP contribution in [0, 0.1) is 13.8 Å². The zero-order chi connectivity index (χ0) is 25.0. The second-order valence-electron chi connectivity index (χ2n) is 7.77. The summed E-state index contributed by atoms with van der Waals surface area (Å²) in [5, 5.41) is 2.89. The lowest BCUT2D eigenvalue weighted by molar-refractivity contribution is -0.119. The van der Waals surface area contributed by atoms with Gasteiger partial charge in [0.15, 0.2) is 5.25 Å². The lowest BCUT2D eigenvalue weighted by Gasteiger charge is -2.29. The Labute approximate surface area is 198 Å². The van der Waals surface area contributed by atoms with Crippen molar-refractivity contribution in [3.05, 3.63) is 53.6 Å². The van der Waals surface area contributed by atoms with Crippen LogP contribution in [0.1, 0.15) is 25.0 Å². The monoisotopic (exact) mass is 486 g/mol. The molecule has 2 aromatic rings. The van der Waals surface area contributed by atoms with E-state index in [1.807, 2.05) is 38.2 Å². The quantitative estimate of drug-likeness (QED) is 0.589. The maximum atomic E-state index is 13.6. The minimum absolute atomic E-state index is 0.150. The molecule has 2 aromatic carbocycles. The molecule has 0 radical (unpaired) electrons. The average Bonchev–Trinajstić information content (AvgIpc) is 2.74. The summed E-state index contributed by atoms with van der Waals surface area (Å²) in [5.74, 6) is -1.11. The van der Waals surface area contributed by atoms with Gasteiger partial charge in [0, 0.05) is 5.69 Å². The normalized spacial score (nSPS) is 15.9. The van der Waals surface area contributed by atoms with Crippen LogP contribution < -0.4 is 19.7 Å². The van der Waals surface area contributed by atoms with Crippen molar-refractivity contribution in [1.29, 1.82) is 0 Å². The van der Waals surface area contributed by atoms with Crippen molar-refractivity contribution < 1.29 is 27.5 Å². The fourth-order valence-corrected chi connectivity index (χ4v) is 5.26. The van der Waals surface area contributed by atoms with E-state index < -0.39 is 39.7 Å². The van der Waals surface area contributed by atoms with E-state index in [0.29, 0.717) is 18.0 Å². The number of urea groups is 1. The Bertz CT molecular complexity index is 1250. The Kier molecular flexibility index (Phi) is 7.35. The Balaban J connectivity index is 1.99. The number of benzene rings is 2. The molecule has 0 spiro atoms. The first-order valence-electron chi connectivity index (χ1n) is 10.5. The van der Waals surface area contributed by atoms with Gasteiger partial charge in [-0.1, -0.05) is 12.1 Å². The van der Waals surface area contributed by atoms with E-state index in [1.54, 1.807) is 18.2 Å². The Morgan fingerprint density at radius 2 is 1.79 bits per heavy atom. The van der Waals surface area contributed by atoms with Gasteiger partial charge in [0.25, 0.3) is 15.9 Å². The molecular formula is C23H26N4O6S. The zero-order valence-electron chi connectivity index (χ0n) is 19.3. The van der Waals surface area contributed by atoms with E-state index in [1.165, 1.54) is 19.1 Å². The Morgan fingerprint density at radius 3 is 2.41 bits per heavy atom. The highest BCUT2D eigenvalue weighted by molar-refractivity contribution is 7.95. The number of carbonyl (C=O) groups excluding carboxylic acids is 3. The van der Waals surface area contributed by atoms with Crippen LogP contribution in [0.3, 0.4) is 0 Å². The largest absolute Gasteiger partial charge is 0.494 e. The molecule has 4 amide bonds. The molecular weight excluding hydrogens is 460 g/mol. The molecule has 1 aliphatic heterocycles. The maximum Gasteiger partial charge on any atom is 0.347 e. The van der Waals surface area contributed by atoms with Gasteiger partial charge in [-0.2, -0.15) is 0 Å². The maximum absolute atomic E-state index is 13.6. The second-order valence-corrected chi connectivity index (χ2v) is 9.71. The second kappa shape index (κ2) is 10.0. The molecule has 2 N–H and O–H groups in total. The predicted octanol–water partition coefficient (Wildman–Crippen LogP) is 2.56. The number of ether oxygens (including phenoxy) is 1. The summed E-state index contributed by atoms with van der Waals surface area (Å²) in [7, 11) is -4.49. The van der Waals surface area contributed by atoms with Crippen molar-refractivity contribution in [1.82, 2.24) is 5.32 Å². The molecule has 3 rings (SSSR count). The summed E-state index contributed by atoms with van der Waals surface area (Å²) in [4.78, 5) is 40.5. The average molecular weight is 487 g/mol. The molecule has 1 aliphatic rings. The molecule has 10 nitrogen and oxygen atoms in total. The van der Waals surface area contributed by atoms with Crippen LogP contribution in [0.5, 0.6) is 5.75 Å². The fraction of sp³-hybridized carbons (Fsp3) is 0.304. The third-order valence-corrected chi connectivity index (χ3v) is 7.23. The summed E-state index contributed by atoms with van der Waals surface area (Å²) >= 11 is 0. The standard InChI is InChI=1S/C23H26N4O6S/c1-5-33-18-10-8-17(9-11-18)27(13-20(28)25-19-12-14(2)6-7-15(19)3)34(31,32)21-16(4)24-23(30)26-22(21)29/h6-12,21H,5,13H2,1-4H3,(H,25,28)(H,26,29,30). The lowest BCUT2D eigenvalue weighted by atomic mass is 10.1. The molecule has 0 aliphatic carbocycles. The number of amides is 4. The van der Waals surface area contributed by atoms with Crippen LogP contribution in [0.4, 0.5) is 16.2 Å². The van der Waals surface area contributed by atoms with Gasteiger partial charge in [0.2, 0.25) is 5.91 Å². The molecule has 1 heterocycles. The number of aryl methyl sites for hydroxylation is 2. The summed E-state index contributed by atoms with van der Waals surface area (Å²) in [5.41, 5.74) is 2.25. The molecule has 1 atom stereocenters. The fourth-order valence-electron chi connectivity index (χ4n) is 3.48. The van der Waals surface area contributed by atoms with Crippen molar-refractivity contribution in [2.24, 2.45) is 4.99 Å². The first kappa shape index (κ1) is 24.9. The molecule has 0 bridgehead atoms. The molecule has 0 saturated heterocycles. The van der Waals surface area contributed by atoms with Crippen molar-refractivity contribution in [3.8, 4) is 5.75 Å². The molecule has 1 unspecified atom stereocenters. The van der Waals surface area contributed by atoms with Crippen molar-refractivity contribution in [2.45, 2.75) is 32.9 Å². The van der Waals surface area contributed by atoms with Gasteiger partial charge in [0.1, 0.15) is 12.3 Å². The van der Waals surface area contributed by atoms with Crippen LogP contribution >= 0.6 is 0 Å². The minimum Gasteiger partial charge on any atom is -0.494 e. The van der Waals surface area contributed by atoms with Gasteiger partial charge in [-0.3, -0.25) is 19.2 Å². The first-order chi connectivity index (χ1) is 16.0. The van der Waals surface area contributed by atoms with Gasteiger partial charge in [-0.15, -0.1) is 0 Å². The van der Waals surface area contributed by atoms with Crippen molar-refractivity contribution in [2.75, 3.05) is 22.8 Å². The number of rotatable bonds is 8. The van der Waals surface area contributed by atoms with Gasteiger partial charge < -0.3 is 10.1 Å². The van der Waals surface area contributed by atoms with Gasteiger partial charge in [-0.25, -0.2) is 18.2 Å². The summed E-state index contributed by atoms with van der Waals surface area (Å²) in [6, 6.07) is 10.7. The minimum atomic E-state index is -4.49. The van der Waals surface area contributed by atoms with E-state index in [4.69, 9.17) is 4.74 Å². The highest BCUT2D eigenvalue weighted by atomic mass is 32.2. The first-order valence-corrected chi connectivity index (χ1v) is 12.0. The predicted molar refractivity (Wildman–Crippen MR) is 129 cm³/mol. The van der Waals surface area contributed by atoms with Crippen molar-refractivity contribution >= 4 is 45.0 Å². The zero-order valence-corrected chi connectivity index (χ0v) is 20.1. The number of anilines is 2. The molecule has 0 saturated carbocycles. The third-order valence-electron chi connectivity index (χ3n) is 5.12. The van der Waals surface area contributed by atoms with E-state index in [9.17, 15) is 22.8 Å². The number of carbonyl (C=O) groups is 3. The topological polar surface area (TPSA) is 134 Å². The highest BCUT2D eigenvalue weighted by Crippen LogP contribution is 2.26. The number of nitrogens with zero attached hydrogens (tertiary/aromatic N) is 2. The molecule has 0 fully saturated rings. The van der Waals surface area contributed by atoms with Crippen LogP contribution in [0.15, 0.2) is 47.5 Å². The summed E-state index contributed by atoms with van der Waals surface area (Å²) in [6.45, 7) is 6.61. The number of hydrogen-bond acceptors (Lipinski definition) is 6. The molecule has 180 valence electrons. The third kappa shape index (κ3) is 5.42. The summed E-state index contributed by atoms with van der Waals surface area (Å²) < 4.78 is 33.4. The lowest BCUT2D eigenvalue weighted by Crippen LogP contribution is -2.55. The summed E-state index contributed by atoms with van der Waals surface area (Å²) in [6.07, 6.45) is 0. The molecule has 34 heavy (non-hydrogen) atoms. The van der Waals surface area contributed by atoms with Gasteiger partial charge >= 0.3 is 6.03 Å². The van der Waals surface area contributed by atoms with Crippen LogP contribution in [-0.4, -0.2) is 50.4 Å². The SMILES string of the molecule is CCOc1ccc(N(CC(=O)Nc2cc(C)ccc2C)S(=O)(=O)C2C(=O)NC(=O)N=C2C)cc1. The van der Waals surface area contributed by atoms with E-state index in [0.717, 1.165) is 15.4 Å². The highest BCUT2D eigenvalue weighted by Gasteiger charge is 2.43. The van der Waals surface area contributed by atoms with Crippen molar-refractivity contribution in [3.63, 3.8) is 0 Å². The number of hydrogen-bond donors (Lipinski definition) is 2. The number of sulfonamides is 1. The van der Waals surface area contributed by atoms with E-state index in [-0.39, 0.29) is 11.4 Å². The number of imide groups is 1. The van der Waals surface area contributed by atoms with Gasteiger partial charge in [-0.05, 0) is 69.2 Å². The van der Waals surface area contributed by atoms with E-state index in [2.05, 4.69) is 10.3 Å². The Morgan fingerprint density at radius 1 is 1.12 bits per heavy atom. The Hall–Kier alpha value is -3.73. The van der Waals surface area contributed by atoms with Gasteiger partial charge in [0.05, 0.1) is 18.0 Å².